The predicted molar refractivity (Wildman–Crippen MR) is 51.7 cm³/mol. The molecule has 0 bridgehead atoms. The molecule has 0 saturated carbocycles. The number of nitrogens with zero attached hydrogens (tertiary/aromatic N) is 4. The van der Waals surface area contributed by atoms with Gasteiger partial charge >= 0.3 is 0 Å². The second-order valence-electron chi connectivity index (χ2n) is 2.63. The van der Waals surface area contributed by atoms with E-state index in [1.54, 1.807) is 10.6 Å². The summed E-state index contributed by atoms with van der Waals surface area (Å²) < 4.78 is 1.54. The molecule has 6 heteroatoms. The molecule has 2 N–H and O–H groups in total. The van der Waals surface area contributed by atoms with Gasteiger partial charge in [0.25, 0.3) is 5.78 Å². The third kappa shape index (κ3) is 1.33. The van der Waals surface area contributed by atoms with E-state index in [9.17, 15) is 0 Å². The van der Waals surface area contributed by atoms with Gasteiger partial charge in [0.1, 0.15) is 5.82 Å². The highest BCUT2D eigenvalue weighted by Crippen LogP contribution is 2.12. The Labute approximate surface area is 79.4 Å². The second kappa shape index (κ2) is 2.88. The summed E-state index contributed by atoms with van der Waals surface area (Å²) in [6, 6.07) is 1.77. The van der Waals surface area contributed by atoms with Gasteiger partial charge in [0.05, 0.1) is 0 Å². The molecule has 5 nitrogen and oxygen atoms in total. The van der Waals surface area contributed by atoms with E-state index in [0.29, 0.717) is 16.8 Å². The molecule has 2 heterocycles. The first kappa shape index (κ1) is 8.31. The Hall–Kier alpha value is -1.30. The van der Waals surface area contributed by atoms with Crippen LogP contribution in [0.5, 0.6) is 0 Å². The lowest BCUT2D eigenvalue weighted by molar-refractivity contribution is 0.887. The Morgan fingerprint density at radius 3 is 2.92 bits per heavy atom. The minimum absolute atomic E-state index is 0.557. The number of hydrogen-bond acceptors (Lipinski definition) is 5. The maximum Gasteiger partial charge on any atom is 0.255 e. The van der Waals surface area contributed by atoms with Gasteiger partial charge in [-0.15, -0.1) is 5.10 Å². The van der Waals surface area contributed by atoms with Crippen LogP contribution in [-0.2, 0) is 0 Å². The summed E-state index contributed by atoms with van der Waals surface area (Å²) in [7, 11) is 0. The molecule has 0 aliphatic carbocycles. The van der Waals surface area contributed by atoms with Crippen LogP contribution in [0.25, 0.3) is 5.78 Å². The van der Waals surface area contributed by atoms with Gasteiger partial charge in [-0.3, -0.25) is 0 Å². The zero-order valence-corrected chi connectivity index (χ0v) is 8.17. The molecule has 0 amide bonds. The van der Waals surface area contributed by atoms with Gasteiger partial charge in [-0.05, 0) is 13.2 Å². The van der Waals surface area contributed by atoms with Crippen molar-refractivity contribution in [3.05, 3.63) is 11.8 Å². The fourth-order valence-electron chi connectivity index (χ4n) is 1.08. The summed E-state index contributed by atoms with van der Waals surface area (Å²) in [4.78, 5) is 8.38. The summed E-state index contributed by atoms with van der Waals surface area (Å²) in [6.45, 7) is 1.88. The lowest BCUT2D eigenvalue weighted by Gasteiger charge is -1.96. The van der Waals surface area contributed by atoms with Crippen LogP contribution in [0.15, 0.2) is 11.2 Å². The third-order valence-corrected chi connectivity index (χ3v) is 2.17. The molecule has 2 aromatic rings. The summed E-state index contributed by atoms with van der Waals surface area (Å²) in [6.07, 6.45) is 1.91. The van der Waals surface area contributed by atoms with Gasteiger partial charge in [-0.2, -0.15) is 9.50 Å². The number of thioether (sulfide) groups is 1. The molecule has 0 saturated heterocycles. The number of anilines is 1. The fraction of sp³-hybridized carbons (Fsp3) is 0.286. The standard InChI is InChI=1S/C7H9N5S/c1-4-3-5(8)12-6(9-4)10-7(11-12)13-2/h3H,8H2,1-2H3. The van der Waals surface area contributed by atoms with Gasteiger partial charge in [-0.25, -0.2) is 4.98 Å². The normalized spacial score (nSPS) is 10.9. The minimum atomic E-state index is 0.557. The molecule has 0 atom stereocenters. The maximum atomic E-state index is 5.74. The molecule has 0 aliphatic heterocycles. The Balaban J connectivity index is 2.75. The molecule has 0 radical (unpaired) electrons. The van der Waals surface area contributed by atoms with Crippen molar-refractivity contribution in [3.8, 4) is 0 Å². The van der Waals surface area contributed by atoms with Crippen LogP contribution in [-0.4, -0.2) is 25.8 Å². The smallest absolute Gasteiger partial charge is 0.255 e. The van der Waals surface area contributed by atoms with E-state index in [1.165, 1.54) is 11.8 Å². The van der Waals surface area contributed by atoms with Crippen molar-refractivity contribution in [2.45, 2.75) is 12.1 Å². The van der Waals surface area contributed by atoms with Crippen molar-refractivity contribution in [2.24, 2.45) is 0 Å². The molecule has 2 rings (SSSR count). The molecule has 0 fully saturated rings. The van der Waals surface area contributed by atoms with Crippen LogP contribution in [0, 0.1) is 6.92 Å². The van der Waals surface area contributed by atoms with Crippen LogP contribution < -0.4 is 5.73 Å². The number of nitrogens with two attached hydrogens (primary N) is 1. The van der Waals surface area contributed by atoms with Crippen molar-refractivity contribution < 1.29 is 0 Å². The zero-order valence-electron chi connectivity index (χ0n) is 7.35. The summed E-state index contributed by atoms with van der Waals surface area (Å²) in [5.74, 6) is 1.12. The van der Waals surface area contributed by atoms with E-state index in [4.69, 9.17) is 5.73 Å². The number of rotatable bonds is 1. The van der Waals surface area contributed by atoms with Crippen LogP contribution in [0.1, 0.15) is 5.69 Å². The van der Waals surface area contributed by atoms with E-state index >= 15 is 0 Å². The highest BCUT2D eigenvalue weighted by atomic mass is 32.2. The monoisotopic (exact) mass is 195 g/mol. The van der Waals surface area contributed by atoms with Crippen LogP contribution >= 0.6 is 11.8 Å². The zero-order chi connectivity index (χ0) is 9.42. The number of hydrogen-bond donors (Lipinski definition) is 1. The van der Waals surface area contributed by atoms with Crippen molar-refractivity contribution in [1.29, 1.82) is 0 Å². The Kier molecular flexibility index (Phi) is 1.84. The van der Waals surface area contributed by atoms with Gasteiger partial charge in [-0.1, -0.05) is 11.8 Å². The quantitative estimate of drug-likeness (QED) is 0.679. The molecule has 0 unspecified atom stereocenters. The van der Waals surface area contributed by atoms with Crippen LogP contribution in [0.2, 0.25) is 0 Å². The van der Waals surface area contributed by atoms with Gasteiger partial charge in [0.2, 0.25) is 5.16 Å². The average molecular weight is 195 g/mol. The molecule has 2 aromatic heterocycles. The fourth-order valence-corrected chi connectivity index (χ4v) is 1.42. The van der Waals surface area contributed by atoms with E-state index < -0.39 is 0 Å². The molecule has 0 aliphatic rings. The maximum absolute atomic E-state index is 5.74. The summed E-state index contributed by atoms with van der Waals surface area (Å²) in [5.41, 5.74) is 6.59. The molecular formula is C7H9N5S. The van der Waals surface area contributed by atoms with Crippen LogP contribution in [0.4, 0.5) is 5.82 Å². The van der Waals surface area contributed by atoms with Crippen molar-refractivity contribution in [3.63, 3.8) is 0 Å². The third-order valence-electron chi connectivity index (χ3n) is 1.63. The number of nitrogen functional groups attached to an aromatic ring is 1. The summed E-state index contributed by atoms with van der Waals surface area (Å²) >= 11 is 1.47. The van der Waals surface area contributed by atoms with E-state index in [0.717, 1.165) is 5.69 Å². The van der Waals surface area contributed by atoms with Gasteiger partial charge < -0.3 is 5.73 Å². The average Bonchev–Trinajstić information content (AvgIpc) is 2.47. The first-order valence-corrected chi connectivity index (χ1v) is 4.97. The Morgan fingerprint density at radius 2 is 2.23 bits per heavy atom. The predicted octanol–water partition coefficient (Wildman–Crippen LogP) is 0.737. The lowest BCUT2D eigenvalue weighted by Crippen LogP contribution is -2.01. The Morgan fingerprint density at radius 1 is 1.46 bits per heavy atom. The minimum Gasteiger partial charge on any atom is -0.383 e. The van der Waals surface area contributed by atoms with Crippen LogP contribution in [0.3, 0.4) is 0 Å². The molecule has 0 spiro atoms. The van der Waals surface area contributed by atoms with Crippen molar-refractivity contribution in [2.75, 3.05) is 12.0 Å². The Bertz CT molecular complexity index is 449. The topological polar surface area (TPSA) is 69.1 Å². The molecule has 13 heavy (non-hydrogen) atoms. The first-order chi connectivity index (χ1) is 6.20. The molecule has 68 valence electrons. The van der Waals surface area contributed by atoms with Gasteiger partial charge in [0.15, 0.2) is 0 Å². The lowest BCUT2D eigenvalue weighted by atomic mass is 10.4. The van der Waals surface area contributed by atoms with Gasteiger partial charge in [0, 0.05) is 11.8 Å². The van der Waals surface area contributed by atoms with Crippen molar-refractivity contribution >= 4 is 23.4 Å². The van der Waals surface area contributed by atoms with E-state index in [2.05, 4.69) is 15.1 Å². The number of aromatic nitrogens is 4. The van der Waals surface area contributed by atoms with E-state index in [-0.39, 0.29) is 0 Å². The number of fused-ring (bicyclic) bond motifs is 1. The highest BCUT2D eigenvalue weighted by Gasteiger charge is 2.06. The SMILES string of the molecule is CSc1nc2nc(C)cc(N)n2n1. The van der Waals surface area contributed by atoms with E-state index in [1.807, 2.05) is 13.2 Å². The number of aryl methyl sites for hydroxylation is 1. The first-order valence-electron chi connectivity index (χ1n) is 3.74. The largest absolute Gasteiger partial charge is 0.383 e. The highest BCUT2D eigenvalue weighted by molar-refractivity contribution is 7.98. The van der Waals surface area contributed by atoms with Crippen molar-refractivity contribution in [1.82, 2.24) is 19.6 Å². The second-order valence-corrected chi connectivity index (χ2v) is 3.41. The molecule has 0 aromatic carbocycles. The molecular weight excluding hydrogens is 186 g/mol. The summed E-state index contributed by atoms with van der Waals surface area (Å²) in [5, 5.41) is 4.84.